The summed E-state index contributed by atoms with van der Waals surface area (Å²) in [5.41, 5.74) is 0. The molecule has 5 heteroatoms. The van der Waals surface area contributed by atoms with E-state index in [0.29, 0.717) is 11.8 Å². The molecule has 1 heterocycles. The second-order valence-electron chi connectivity index (χ2n) is 4.22. The van der Waals surface area contributed by atoms with Gasteiger partial charge in [-0.2, -0.15) is 4.98 Å². The van der Waals surface area contributed by atoms with Crippen LogP contribution in [0.25, 0.3) is 0 Å². The SMILES string of the molecule is COC(=O)c1oc(C2CCCCC2)nc1OC. The number of esters is 1. The summed E-state index contributed by atoms with van der Waals surface area (Å²) in [5, 5.41) is 0. The van der Waals surface area contributed by atoms with Gasteiger partial charge < -0.3 is 13.9 Å². The first-order valence-corrected chi connectivity index (χ1v) is 5.89. The molecule has 1 aliphatic carbocycles. The summed E-state index contributed by atoms with van der Waals surface area (Å²) < 4.78 is 15.1. The predicted octanol–water partition coefficient (Wildman–Crippen LogP) is 2.52. The van der Waals surface area contributed by atoms with Gasteiger partial charge in [-0.1, -0.05) is 19.3 Å². The lowest BCUT2D eigenvalue weighted by atomic mass is 9.89. The Bertz CT molecular complexity index is 393. The lowest BCUT2D eigenvalue weighted by Gasteiger charge is -2.17. The van der Waals surface area contributed by atoms with Gasteiger partial charge >= 0.3 is 5.97 Å². The van der Waals surface area contributed by atoms with Gasteiger partial charge in [0.25, 0.3) is 11.6 Å². The molecule has 0 spiro atoms. The summed E-state index contributed by atoms with van der Waals surface area (Å²) in [6, 6.07) is 0. The quantitative estimate of drug-likeness (QED) is 0.758. The van der Waals surface area contributed by atoms with Gasteiger partial charge in [0.1, 0.15) is 0 Å². The van der Waals surface area contributed by atoms with Crippen molar-refractivity contribution >= 4 is 5.97 Å². The highest BCUT2D eigenvalue weighted by atomic mass is 16.5. The van der Waals surface area contributed by atoms with Crippen LogP contribution in [0.2, 0.25) is 0 Å². The third-order valence-electron chi connectivity index (χ3n) is 3.13. The molecular weight excluding hydrogens is 222 g/mol. The molecule has 0 amide bonds. The Morgan fingerprint density at radius 1 is 1.29 bits per heavy atom. The van der Waals surface area contributed by atoms with Crippen LogP contribution in [-0.2, 0) is 4.74 Å². The Balaban J connectivity index is 2.23. The maximum Gasteiger partial charge on any atom is 0.379 e. The van der Waals surface area contributed by atoms with Crippen LogP contribution >= 0.6 is 0 Å². The van der Waals surface area contributed by atoms with Gasteiger partial charge in [-0.05, 0) is 12.8 Å². The molecule has 0 saturated heterocycles. The summed E-state index contributed by atoms with van der Waals surface area (Å²) in [6.07, 6.45) is 5.75. The van der Waals surface area contributed by atoms with Crippen LogP contribution in [0.15, 0.2) is 4.42 Å². The van der Waals surface area contributed by atoms with E-state index < -0.39 is 5.97 Å². The molecule has 1 aromatic heterocycles. The highest BCUT2D eigenvalue weighted by Crippen LogP contribution is 2.34. The lowest BCUT2D eigenvalue weighted by molar-refractivity contribution is 0.0557. The van der Waals surface area contributed by atoms with Gasteiger partial charge in [-0.15, -0.1) is 0 Å². The van der Waals surface area contributed by atoms with E-state index in [9.17, 15) is 4.79 Å². The molecule has 17 heavy (non-hydrogen) atoms. The summed E-state index contributed by atoms with van der Waals surface area (Å²) in [4.78, 5) is 15.7. The zero-order valence-corrected chi connectivity index (χ0v) is 10.2. The van der Waals surface area contributed by atoms with E-state index in [1.807, 2.05) is 0 Å². The molecule has 0 aromatic carbocycles. The zero-order valence-electron chi connectivity index (χ0n) is 10.2. The van der Waals surface area contributed by atoms with E-state index in [4.69, 9.17) is 9.15 Å². The summed E-state index contributed by atoms with van der Waals surface area (Å²) in [5.74, 6) is 0.641. The molecule has 0 bridgehead atoms. The molecule has 2 rings (SSSR count). The van der Waals surface area contributed by atoms with Crippen LogP contribution in [-0.4, -0.2) is 25.2 Å². The average Bonchev–Trinajstić information content (AvgIpc) is 2.83. The van der Waals surface area contributed by atoms with E-state index in [1.165, 1.54) is 33.5 Å². The first kappa shape index (κ1) is 12.0. The Labute approximate surface area is 100 Å². The van der Waals surface area contributed by atoms with Gasteiger partial charge in [-0.3, -0.25) is 0 Å². The van der Waals surface area contributed by atoms with E-state index >= 15 is 0 Å². The molecule has 1 aliphatic rings. The van der Waals surface area contributed by atoms with Crippen LogP contribution in [0.3, 0.4) is 0 Å². The Morgan fingerprint density at radius 3 is 2.59 bits per heavy atom. The molecule has 0 radical (unpaired) electrons. The number of hydrogen-bond acceptors (Lipinski definition) is 5. The highest BCUT2D eigenvalue weighted by Gasteiger charge is 2.27. The second-order valence-corrected chi connectivity index (χ2v) is 4.22. The number of nitrogens with zero attached hydrogens (tertiary/aromatic N) is 1. The maximum absolute atomic E-state index is 11.5. The number of aromatic nitrogens is 1. The maximum atomic E-state index is 11.5. The van der Waals surface area contributed by atoms with Crippen molar-refractivity contribution in [2.75, 3.05) is 14.2 Å². The molecule has 1 aromatic rings. The van der Waals surface area contributed by atoms with Crippen LogP contribution in [0.4, 0.5) is 0 Å². The zero-order chi connectivity index (χ0) is 12.3. The topological polar surface area (TPSA) is 61.6 Å². The third-order valence-corrected chi connectivity index (χ3v) is 3.13. The van der Waals surface area contributed by atoms with Crippen molar-refractivity contribution < 1.29 is 18.7 Å². The third kappa shape index (κ3) is 2.43. The summed E-state index contributed by atoms with van der Waals surface area (Å²) in [7, 11) is 2.78. The van der Waals surface area contributed by atoms with E-state index in [2.05, 4.69) is 9.72 Å². The molecule has 5 nitrogen and oxygen atoms in total. The van der Waals surface area contributed by atoms with Crippen LogP contribution in [0.1, 0.15) is 54.5 Å². The van der Waals surface area contributed by atoms with Gasteiger partial charge in [0, 0.05) is 5.92 Å². The fraction of sp³-hybridized carbons (Fsp3) is 0.667. The molecule has 0 atom stereocenters. The molecule has 1 saturated carbocycles. The fourth-order valence-electron chi connectivity index (χ4n) is 2.21. The number of carbonyl (C=O) groups excluding carboxylic acids is 1. The number of methoxy groups -OCH3 is 2. The first-order chi connectivity index (χ1) is 8.26. The monoisotopic (exact) mass is 239 g/mol. The van der Waals surface area contributed by atoms with Crippen LogP contribution in [0, 0.1) is 0 Å². The average molecular weight is 239 g/mol. The van der Waals surface area contributed by atoms with Crippen molar-refractivity contribution in [3.8, 4) is 5.88 Å². The van der Waals surface area contributed by atoms with Gasteiger partial charge in [0.15, 0.2) is 0 Å². The van der Waals surface area contributed by atoms with Gasteiger partial charge in [0.05, 0.1) is 14.2 Å². The van der Waals surface area contributed by atoms with Crippen LogP contribution in [0.5, 0.6) is 5.88 Å². The van der Waals surface area contributed by atoms with Crippen molar-refractivity contribution in [2.24, 2.45) is 0 Å². The van der Waals surface area contributed by atoms with Crippen LogP contribution < -0.4 is 4.74 Å². The van der Waals surface area contributed by atoms with Crippen molar-refractivity contribution in [1.82, 2.24) is 4.98 Å². The van der Waals surface area contributed by atoms with Crippen molar-refractivity contribution in [3.05, 3.63) is 11.7 Å². The fourth-order valence-corrected chi connectivity index (χ4v) is 2.21. The molecular formula is C12H17NO4. The minimum absolute atomic E-state index is 0.0653. The number of ether oxygens (including phenoxy) is 2. The number of carbonyl (C=O) groups is 1. The highest BCUT2D eigenvalue weighted by molar-refractivity contribution is 5.88. The van der Waals surface area contributed by atoms with Crippen molar-refractivity contribution in [1.29, 1.82) is 0 Å². The smallest absolute Gasteiger partial charge is 0.379 e. The minimum Gasteiger partial charge on any atom is -0.478 e. The largest absolute Gasteiger partial charge is 0.478 e. The molecule has 0 N–H and O–H groups in total. The minimum atomic E-state index is -0.545. The standard InChI is InChI=1S/C12H17NO4/c1-15-11-9(12(14)16-2)17-10(13-11)8-6-4-3-5-7-8/h8H,3-7H2,1-2H3. The second kappa shape index (κ2) is 5.21. The lowest BCUT2D eigenvalue weighted by Crippen LogP contribution is -2.04. The number of hydrogen-bond donors (Lipinski definition) is 0. The van der Waals surface area contributed by atoms with E-state index in [1.54, 1.807) is 0 Å². The molecule has 94 valence electrons. The Morgan fingerprint density at radius 2 is 2.00 bits per heavy atom. The molecule has 0 unspecified atom stereocenters. The van der Waals surface area contributed by atoms with E-state index in [0.717, 1.165) is 12.8 Å². The normalized spacial score (nSPS) is 16.8. The Hall–Kier alpha value is -1.52. The van der Waals surface area contributed by atoms with E-state index in [-0.39, 0.29) is 11.6 Å². The predicted molar refractivity (Wildman–Crippen MR) is 60.2 cm³/mol. The number of oxazole rings is 1. The Kier molecular flexibility index (Phi) is 3.66. The van der Waals surface area contributed by atoms with Crippen molar-refractivity contribution in [2.45, 2.75) is 38.0 Å². The molecule has 1 fully saturated rings. The van der Waals surface area contributed by atoms with Crippen molar-refractivity contribution in [3.63, 3.8) is 0 Å². The first-order valence-electron chi connectivity index (χ1n) is 5.89. The van der Waals surface area contributed by atoms with Gasteiger partial charge in [0.2, 0.25) is 5.89 Å². The summed E-state index contributed by atoms with van der Waals surface area (Å²) >= 11 is 0. The van der Waals surface area contributed by atoms with Gasteiger partial charge in [-0.25, -0.2) is 4.79 Å². The summed E-state index contributed by atoms with van der Waals surface area (Å²) in [6.45, 7) is 0. The number of rotatable bonds is 3. The molecule has 0 aliphatic heterocycles.